The molecule has 28 heavy (non-hydrogen) atoms. The number of ether oxygens (including phenoxy) is 2. The summed E-state index contributed by atoms with van der Waals surface area (Å²) in [6.07, 6.45) is 0.104. The van der Waals surface area contributed by atoms with E-state index < -0.39 is 6.10 Å². The molecule has 0 aliphatic carbocycles. The van der Waals surface area contributed by atoms with Crippen molar-refractivity contribution in [2.75, 3.05) is 27.3 Å². The van der Waals surface area contributed by atoms with E-state index in [-0.39, 0.29) is 18.2 Å². The number of benzene rings is 2. The molecule has 0 aromatic heterocycles. The molecule has 0 radical (unpaired) electrons. The summed E-state index contributed by atoms with van der Waals surface area (Å²) in [6, 6.07) is 11.9. The number of carbonyl (C=O) groups excluding carboxylic acids is 1. The fourth-order valence-electron chi connectivity index (χ4n) is 2.87. The Morgan fingerprint density at radius 3 is 2.64 bits per heavy atom. The lowest BCUT2D eigenvalue weighted by Gasteiger charge is -2.21. The summed E-state index contributed by atoms with van der Waals surface area (Å²) in [5.41, 5.74) is 1.44. The SMILES string of the molecule is CCC(=O)Cc1ccc(OCC(O)CN(C)Cc2ccccc2F)c(OC)c1. The van der Waals surface area contributed by atoms with Gasteiger partial charge in [-0.05, 0) is 30.8 Å². The van der Waals surface area contributed by atoms with Crippen LogP contribution in [-0.4, -0.2) is 49.2 Å². The van der Waals surface area contributed by atoms with Crippen molar-refractivity contribution in [1.82, 2.24) is 4.90 Å². The summed E-state index contributed by atoms with van der Waals surface area (Å²) in [6.45, 7) is 2.64. The van der Waals surface area contributed by atoms with E-state index in [4.69, 9.17) is 9.47 Å². The Morgan fingerprint density at radius 2 is 1.96 bits per heavy atom. The third-order valence-electron chi connectivity index (χ3n) is 4.38. The zero-order chi connectivity index (χ0) is 20.5. The molecular weight excluding hydrogens is 361 g/mol. The van der Waals surface area contributed by atoms with Gasteiger partial charge in [0.2, 0.25) is 0 Å². The maximum atomic E-state index is 13.7. The van der Waals surface area contributed by atoms with Gasteiger partial charge in [0, 0.05) is 31.5 Å². The quantitative estimate of drug-likeness (QED) is 0.639. The van der Waals surface area contributed by atoms with Gasteiger partial charge in [-0.2, -0.15) is 0 Å². The minimum atomic E-state index is -0.747. The highest BCUT2D eigenvalue weighted by molar-refractivity contribution is 5.80. The van der Waals surface area contributed by atoms with Gasteiger partial charge in [0.25, 0.3) is 0 Å². The molecule has 0 saturated heterocycles. The lowest BCUT2D eigenvalue weighted by atomic mass is 10.1. The zero-order valence-corrected chi connectivity index (χ0v) is 16.7. The highest BCUT2D eigenvalue weighted by atomic mass is 19.1. The Bertz CT molecular complexity index is 781. The number of rotatable bonds is 11. The van der Waals surface area contributed by atoms with Crippen molar-refractivity contribution < 1.29 is 23.8 Å². The Balaban J connectivity index is 1.88. The molecule has 2 aromatic carbocycles. The van der Waals surface area contributed by atoms with Crippen molar-refractivity contribution in [2.45, 2.75) is 32.4 Å². The van der Waals surface area contributed by atoms with Crippen molar-refractivity contribution >= 4 is 5.78 Å². The van der Waals surface area contributed by atoms with Crippen LogP contribution in [0.25, 0.3) is 0 Å². The van der Waals surface area contributed by atoms with Gasteiger partial charge in [-0.3, -0.25) is 9.69 Å². The molecule has 0 amide bonds. The van der Waals surface area contributed by atoms with E-state index in [1.807, 2.05) is 24.9 Å². The van der Waals surface area contributed by atoms with E-state index >= 15 is 0 Å². The van der Waals surface area contributed by atoms with E-state index in [0.29, 0.717) is 43.0 Å². The topological polar surface area (TPSA) is 59.0 Å². The van der Waals surface area contributed by atoms with Crippen molar-refractivity contribution in [2.24, 2.45) is 0 Å². The molecule has 0 bridgehead atoms. The van der Waals surface area contributed by atoms with Crippen LogP contribution in [0.2, 0.25) is 0 Å². The summed E-state index contributed by atoms with van der Waals surface area (Å²) in [5.74, 6) is 0.926. The maximum Gasteiger partial charge on any atom is 0.161 e. The second kappa shape index (κ2) is 10.8. The number of halogens is 1. The summed E-state index contributed by atoms with van der Waals surface area (Å²) >= 11 is 0. The molecule has 0 aliphatic heterocycles. The van der Waals surface area contributed by atoms with Crippen LogP contribution in [0, 0.1) is 5.82 Å². The normalized spacial score (nSPS) is 12.1. The van der Waals surface area contributed by atoms with E-state index in [0.717, 1.165) is 5.56 Å². The zero-order valence-electron chi connectivity index (χ0n) is 16.7. The Hall–Kier alpha value is -2.44. The first-order chi connectivity index (χ1) is 13.4. The molecule has 2 aromatic rings. The highest BCUT2D eigenvalue weighted by Crippen LogP contribution is 2.28. The van der Waals surface area contributed by atoms with Crippen LogP contribution in [0.5, 0.6) is 11.5 Å². The number of likely N-dealkylation sites (N-methyl/N-ethyl adjacent to an activating group) is 1. The minimum absolute atomic E-state index is 0.0746. The molecule has 5 nitrogen and oxygen atoms in total. The molecule has 0 spiro atoms. The first kappa shape index (κ1) is 21.9. The summed E-state index contributed by atoms with van der Waals surface area (Å²) in [5, 5.41) is 10.3. The average Bonchev–Trinajstić information content (AvgIpc) is 2.68. The van der Waals surface area contributed by atoms with Gasteiger partial charge in [-0.1, -0.05) is 31.2 Å². The molecule has 1 unspecified atom stereocenters. The van der Waals surface area contributed by atoms with Crippen LogP contribution in [0.4, 0.5) is 4.39 Å². The molecule has 0 fully saturated rings. The van der Waals surface area contributed by atoms with Crippen LogP contribution < -0.4 is 9.47 Å². The number of methoxy groups -OCH3 is 1. The summed E-state index contributed by atoms with van der Waals surface area (Å²) in [7, 11) is 3.35. The smallest absolute Gasteiger partial charge is 0.161 e. The minimum Gasteiger partial charge on any atom is -0.493 e. The lowest BCUT2D eigenvalue weighted by molar-refractivity contribution is -0.118. The molecule has 0 aliphatic rings. The number of aliphatic hydroxyl groups excluding tert-OH is 1. The number of aliphatic hydroxyl groups is 1. The van der Waals surface area contributed by atoms with Gasteiger partial charge in [0.15, 0.2) is 11.5 Å². The Kier molecular flexibility index (Phi) is 8.42. The second-order valence-corrected chi connectivity index (χ2v) is 6.81. The van der Waals surface area contributed by atoms with E-state index in [1.54, 1.807) is 30.3 Å². The molecule has 1 atom stereocenters. The number of ketones is 1. The van der Waals surface area contributed by atoms with Crippen molar-refractivity contribution in [3.63, 3.8) is 0 Å². The highest BCUT2D eigenvalue weighted by Gasteiger charge is 2.14. The fourth-order valence-corrected chi connectivity index (χ4v) is 2.87. The first-order valence-corrected chi connectivity index (χ1v) is 9.34. The van der Waals surface area contributed by atoms with Gasteiger partial charge in [0.05, 0.1) is 7.11 Å². The number of hydrogen-bond donors (Lipinski definition) is 1. The second-order valence-electron chi connectivity index (χ2n) is 6.81. The maximum absolute atomic E-state index is 13.7. The third kappa shape index (κ3) is 6.62. The largest absolute Gasteiger partial charge is 0.493 e. The average molecular weight is 389 g/mol. The predicted molar refractivity (Wildman–Crippen MR) is 106 cm³/mol. The van der Waals surface area contributed by atoms with E-state index in [9.17, 15) is 14.3 Å². The van der Waals surface area contributed by atoms with Crippen molar-refractivity contribution in [1.29, 1.82) is 0 Å². The molecular formula is C22H28FNO4. The van der Waals surface area contributed by atoms with Crippen LogP contribution in [0.1, 0.15) is 24.5 Å². The Morgan fingerprint density at radius 1 is 1.21 bits per heavy atom. The standard InChI is InChI=1S/C22H28FNO4/c1-4-18(25)11-16-9-10-21(22(12-16)27-3)28-15-19(26)14-24(2)13-17-7-5-6-8-20(17)23/h5-10,12,19,26H,4,11,13-15H2,1-3H3. The fraction of sp³-hybridized carbons (Fsp3) is 0.409. The summed E-state index contributed by atoms with van der Waals surface area (Å²) in [4.78, 5) is 13.4. The number of Topliss-reactive ketones (excluding diaryl/α,β-unsaturated/α-hetero) is 1. The van der Waals surface area contributed by atoms with Crippen molar-refractivity contribution in [3.05, 3.63) is 59.4 Å². The van der Waals surface area contributed by atoms with E-state index in [1.165, 1.54) is 13.2 Å². The van der Waals surface area contributed by atoms with E-state index in [2.05, 4.69) is 0 Å². The lowest BCUT2D eigenvalue weighted by Crippen LogP contribution is -2.33. The van der Waals surface area contributed by atoms with Crippen LogP contribution in [-0.2, 0) is 17.8 Å². The third-order valence-corrected chi connectivity index (χ3v) is 4.38. The monoisotopic (exact) mass is 389 g/mol. The molecule has 1 N–H and O–H groups in total. The number of nitrogens with zero attached hydrogens (tertiary/aromatic N) is 1. The molecule has 0 saturated carbocycles. The van der Waals surface area contributed by atoms with Crippen LogP contribution >= 0.6 is 0 Å². The Labute approximate surface area is 165 Å². The summed E-state index contributed by atoms with van der Waals surface area (Å²) < 4.78 is 24.8. The van der Waals surface area contributed by atoms with Crippen LogP contribution in [0.3, 0.4) is 0 Å². The van der Waals surface area contributed by atoms with Gasteiger partial charge in [-0.25, -0.2) is 4.39 Å². The van der Waals surface area contributed by atoms with Gasteiger partial charge in [-0.15, -0.1) is 0 Å². The van der Waals surface area contributed by atoms with Gasteiger partial charge in [0.1, 0.15) is 24.3 Å². The first-order valence-electron chi connectivity index (χ1n) is 9.34. The number of hydrogen-bond acceptors (Lipinski definition) is 5. The van der Waals surface area contributed by atoms with Gasteiger partial charge < -0.3 is 14.6 Å². The van der Waals surface area contributed by atoms with Crippen LogP contribution in [0.15, 0.2) is 42.5 Å². The molecule has 6 heteroatoms. The molecule has 152 valence electrons. The van der Waals surface area contributed by atoms with Gasteiger partial charge >= 0.3 is 0 Å². The molecule has 2 rings (SSSR count). The van der Waals surface area contributed by atoms with Crippen molar-refractivity contribution in [3.8, 4) is 11.5 Å². The predicted octanol–water partition coefficient (Wildman–Crippen LogP) is 3.23. The number of carbonyl (C=O) groups is 1. The molecule has 0 heterocycles.